The van der Waals surface area contributed by atoms with Crippen molar-refractivity contribution in [1.82, 2.24) is 20.1 Å². The quantitative estimate of drug-likeness (QED) is 0.326. The Labute approximate surface area is 235 Å². The SMILES string of the molecule is O=C(Cc1ccc(-c2ccc(OCCN3CCN(C(=O)c4ccccc4)CC3)cc2)cn1)NCc1ccccc1. The molecule has 0 spiro atoms. The summed E-state index contributed by atoms with van der Waals surface area (Å²) in [5, 5.41) is 2.94. The van der Waals surface area contributed by atoms with Crippen LogP contribution in [0.1, 0.15) is 21.6 Å². The van der Waals surface area contributed by atoms with Gasteiger partial charge in [-0.15, -0.1) is 0 Å². The highest BCUT2D eigenvalue weighted by atomic mass is 16.5. The Morgan fingerprint density at radius 2 is 1.45 bits per heavy atom. The fourth-order valence-corrected chi connectivity index (χ4v) is 4.70. The predicted molar refractivity (Wildman–Crippen MR) is 156 cm³/mol. The van der Waals surface area contributed by atoms with Crippen LogP contribution in [0.5, 0.6) is 5.75 Å². The highest BCUT2D eigenvalue weighted by Gasteiger charge is 2.21. The second-order valence-corrected chi connectivity index (χ2v) is 9.85. The first-order valence-electron chi connectivity index (χ1n) is 13.7. The van der Waals surface area contributed by atoms with Crippen molar-refractivity contribution in [3.63, 3.8) is 0 Å². The smallest absolute Gasteiger partial charge is 0.253 e. The van der Waals surface area contributed by atoms with Crippen molar-refractivity contribution < 1.29 is 14.3 Å². The summed E-state index contributed by atoms with van der Waals surface area (Å²) >= 11 is 0. The van der Waals surface area contributed by atoms with E-state index in [2.05, 4.69) is 15.2 Å². The first-order valence-corrected chi connectivity index (χ1v) is 13.7. The van der Waals surface area contributed by atoms with Gasteiger partial charge >= 0.3 is 0 Å². The second kappa shape index (κ2) is 13.5. The van der Waals surface area contributed by atoms with Gasteiger partial charge in [-0.1, -0.05) is 66.7 Å². The van der Waals surface area contributed by atoms with Crippen LogP contribution in [0.4, 0.5) is 0 Å². The van der Waals surface area contributed by atoms with Crippen LogP contribution in [0.3, 0.4) is 0 Å². The van der Waals surface area contributed by atoms with E-state index in [0.29, 0.717) is 13.2 Å². The Bertz CT molecular complexity index is 1370. The first-order chi connectivity index (χ1) is 19.6. The van der Waals surface area contributed by atoms with Crippen LogP contribution in [-0.2, 0) is 17.8 Å². The summed E-state index contributed by atoms with van der Waals surface area (Å²) < 4.78 is 5.98. The van der Waals surface area contributed by atoms with Crippen molar-refractivity contribution in [3.05, 3.63) is 120 Å². The summed E-state index contributed by atoms with van der Waals surface area (Å²) in [5.41, 5.74) is 4.58. The molecule has 0 atom stereocenters. The van der Waals surface area contributed by atoms with E-state index in [4.69, 9.17) is 4.74 Å². The minimum Gasteiger partial charge on any atom is -0.492 e. The van der Waals surface area contributed by atoms with Gasteiger partial charge in [0.05, 0.1) is 6.42 Å². The monoisotopic (exact) mass is 534 g/mol. The number of piperazine rings is 1. The van der Waals surface area contributed by atoms with Crippen LogP contribution in [0, 0.1) is 0 Å². The number of hydrogen-bond donors (Lipinski definition) is 1. The van der Waals surface area contributed by atoms with Crippen LogP contribution in [-0.4, -0.2) is 65.9 Å². The molecule has 0 saturated carbocycles. The number of nitrogens with zero attached hydrogens (tertiary/aromatic N) is 3. The molecule has 1 aliphatic rings. The van der Waals surface area contributed by atoms with Gasteiger partial charge in [0.1, 0.15) is 12.4 Å². The minimum atomic E-state index is -0.0480. The number of nitrogens with one attached hydrogen (secondary N) is 1. The van der Waals surface area contributed by atoms with Crippen molar-refractivity contribution in [2.45, 2.75) is 13.0 Å². The molecule has 1 fully saturated rings. The highest BCUT2D eigenvalue weighted by molar-refractivity contribution is 5.94. The molecule has 4 aromatic rings. The van der Waals surface area contributed by atoms with Gasteiger partial charge < -0.3 is 15.0 Å². The Morgan fingerprint density at radius 1 is 0.775 bits per heavy atom. The number of hydrogen-bond acceptors (Lipinski definition) is 5. The normalized spacial score (nSPS) is 13.6. The van der Waals surface area contributed by atoms with E-state index in [0.717, 1.165) is 66.4 Å². The van der Waals surface area contributed by atoms with Crippen LogP contribution >= 0.6 is 0 Å². The largest absolute Gasteiger partial charge is 0.492 e. The molecule has 5 rings (SSSR count). The molecular weight excluding hydrogens is 500 g/mol. The minimum absolute atomic E-state index is 0.0480. The van der Waals surface area contributed by atoms with Crippen LogP contribution < -0.4 is 10.1 Å². The standard InChI is InChI=1S/C33H34N4O3/c38-32(35-24-26-7-3-1-4-8-26)23-30-14-11-29(25-34-30)27-12-15-31(16-13-27)40-22-21-36-17-19-37(20-18-36)33(39)28-9-5-2-6-10-28/h1-16,25H,17-24H2,(H,35,38). The first kappa shape index (κ1) is 27.1. The third-order valence-corrected chi connectivity index (χ3v) is 7.04. The summed E-state index contributed by atoms with van der Waals surface area (Å²) in [6, 6.07) is 31.2. The van der Waals surface area contributed by atoms with Gasteiger partial charge in [0.25, 0.3) is 5.91 Å². The average molecular weight is 535 g/mol. The molecule has 1 aromatic heterocycles. The zero-order chi connectivity index (χ0) is 27.6. The van der Waals surface area contributed by atoms with Crippen molar-refractivity contribution in [2.75, 3.05) is 39.3 Å². The fraction of sp³-hybridized carbons (Fsp3) is 0.242. The lowest BCUT2D eigenvalue weighted by Crippen LogP contribution is -2.49. The highest BCUT2D eigenvalue weighted by Crippen LogP contribution is 2.22. The molecule has 0 radical (unpaired) electrons. The molecule has 0 unspecified atom stereocenters. The van der Waals surface area contributed by atoms with Gasteiger partial charge in [-0.25, -0.2) is 0 Å². The van der Waals surface area contributed by atoms with Crippen molar-refractivity contribution in [3.8, 4) is 16.9 Å². The molecule has 3 aromatic carbocycles. The van der Waals surface area contributed by atoms with Crippen LogP contribution in [0.25, 0.3) is 11.1 Å². The Hall–Kier alpha value is -4.49. The van der Waals surface area contributed by atoms with E-state index in [1.165, 1.54) is 0 Å². The molecule has 1 aliphatic heterocycles. The number of rotatable bonds is 10. The van der Waals surface area contributed by atoms with E-state index in [1.54, 1.807) is 6.20 Å². The number of aromatic nitrogens is 1. The fourth-order valence-electron chi connectivity index (χ4n) is 4.70. The lowest BCUT2D eigenvalue weighted by molar-refractivity contribution is -0.120. The molecule has 7 heteroatoms. The molecule has 0 bridgehead atoms. The Kier molecular flexibility index (Phi) is 9.17. The predicted octanol–water partition coefficient (Wildman–Crippen LogP) is 4.44. The number of carbonyl (C=O) groups is 2. The van der Waals surface area contributed by atoms with Crippen molar-refractivity contribution in [2.24, 2.45) is 0 Å². The van der Waals surface area contributed by atoms with Crippen LogP contribution in [0.15, 0.2) is 103 Å². The third kappa shape index (κ3) is 7.55. The Morgan fingerprint density at radius 3 is 2.12 bits per heavy atom. The van der Waals surface area contributed by atoms with Gasteiger partial charge in [-0.2, -0.15) is 0 Å². The summed E-state index contributed by atoms with van der Waals surface area (Å²) in [6.07, 6.45) is 2.05. The van der Waals surface area contributed by atoms with E-state index < -0.39 is 0 Å². The lowest BCUT2D eigenvalue weighted by Gasteiger charge is -2.34. The third-order valence-electron chi connectivity index (χ3n) is 7.04. The van der Waals surface area contributed by atoms with Gasteiger partial charge in [-0.05, 0) is 41.5 Å². The van der Waals surface area contributed by atoms with E-state index in [1.807, 2.05) is 102 Å². The molecular formula is C33H34N4O3. The molecule has 1 N–H and O–H groups in total. The van der Waals surface area contributed by atoms with Crippen molar-refractivity contribution >= 4 is 11.8 Å². The number of pyridine rings is 1. The van der Waals surface area contributed by atoms with E-state index in [-0.39, 0.29) is 18.2 Å². The summed E-state index contributed by atoms with van der Waals surface area (Å²) in [4.78, 5) is 33.6. The zero-order valence-corrected chi connectivity index (χ0v) is 22.5. The summed E-state index contributed by atoms with van der Waals surface area (Å²) in [6.45, 7) is 5.07. The Balaban J connectivity index is 1.02. The maximum absolute atomic E-state index is 12.6. The maximum Gasteiger partial charge on any atom is 0.253 e. The molecule has 1 saturated heterocycles. The topological polar surface area (TPSA) is 74.8 Å². The number of amides is 2. The average Bonchev–Trinajstić information content (AvgIpc) is 3.02. The molecule has 7 nitrogen and oxygen atoms in total. The van der Waals surface area contributed by atoms with E-state index in [9.17, 15) is 9.59 Å². The second-order valence-electron chi connectivity index (χ2n) is 9.85. The summed E-state index contributed by atoms with van der Waals surface area (Å²) in [5.74, 6) is 0.875. The zero-order valence-electron chi connectivity index (χ0n) is 22.5. The van der Waals surface area contributed by atoms with Gasteiger partial charge in [0, 0.05) is 62.3 Å². The molecule has 2 amide bonds. The van der Waals surface area contributed by atoms with Crippen molar-refractivity contribution in [1.29, 1.82) is 0 Å². The molecule has 2 heterocycles. The number of benzene rings is 3. The number of ether oxygens (including phenoxy) is 1. The lowest BCUT2D eigenvalue weighted by atomic mass is 10.1. The number of carbonyl (C=O) groups excluding carboxylic acids is 2. The van der Waals surface area contributed by atoms with Gasteiger partial charge in [0.2, 0.25) is 5.91 Å². The van der Waals surface area contributed by atoms with E-state index >= 15 is 0 Å². The van der Waals surface area contributed by atoms with Crippen LogP contribution in [0.2, 0.25) is 0 Å². The molecule has 0 aliphatic carbocycles. The van der Waals surface area contributed by atoms with Gasteiger partial charge in [0.15, 0.2) is 0 Å². The summed E-state index contributed by atoms with van der Waals surface area (Å²) in [7, 11) is 0. The maximum atomic E-state index is 12.6. The van der Waals surface area contributed by atoms with Gasteiger partial charge in [-0.3, -0.25) is 19.5 Å². The molecule has 204 valence electrons. The molecule has 40 heavy (non-hydrogen) atoms.